The first kappa shape index (κ1) is 8.40. The average molecular weight is 189 g/mol. The van der Waals surface area contributed by atoms with E-state index in [-0.39, 0.29) is 0 Å². The lowest BCUT2D eigenvalue weighted by Gasteiger charge is -1.83. The lowest BCUT2D eigenvalue weighted by Crippen LogP contribution is -1.77. The number of thiazole rings is 1. The van der Waals surface area contributed by atoms with Crippen LogP contribution in [-0.4, -0.2) is 16.9 Å². The van der Waals surface area contributed by atoms with E-state index in [1.807, 2.05) is 0 Å². The van der Waals surface area contributed by atoms with Gasteiger partial charge < -0.3 is 0 Å². The first-order valence-corrected chi connectivity index (χ1v) is 4.30. The number of alkyl halides is 1. The van der Waals surface area contributed by atoms with E-state index in [2.05, 4.69) is 9.98 Å². The van der Waals surface area contributed by atoms with Crippen molar-refractivity contribution >= 4 is 34.1 Å². The molecule has 11 heavy (non-hydrogen) atoms. The van der Waals surface area contributed by atoms with Crippen LogP contribution in [0.25, 0.3) is 0 Å². The topological polar surface area (TPSA) is 42.3 Å². The van der Waals surface area contributed by atoms with E-state index in [9.17, 15) is 4.79 Å². The number of hydrogen-bond donors (Lipinski definition) is 0. The van der Waals surface area contributed by atoms with Crippen molar-refractivity contribution in [3.8, 4) is 0 Å². The van der Waals surface area contributed by atoms with Crippen molar-refractivity contribution in [2.45, 2.75) is 6.42 Å². The van der Waals surface area contributed by atoms with E-state index >= 15 is 0 Å². The fraction of sp³-hybridized carbons (Fsp3) is 0.333. The Kier molecular flexibility index (Phi) is 3.23. The van der Waals surface area contributed by atoms with E-state index in [1.54, 1.807) is 6.20 Å². The minimum absolute atomic E-state index is 0.445. The molecule has 0 bridgehead atoms. The van der Waals surface area contributed by atoms with Gasteiger partial charge in [0.2, 0.25) is 11.2 Å². The molecule has 5 heteroatoms. The van der Waals surface area contributed by atoms with Gasteiger partial charge >= 0.3 is 0 Å². The molecule has 0 saturated heterocycles. The fourth-order valence-electron chi connectivity index (χ4n) is 0.597. The number of rotatable bonds is 3. The van der Waals surface area contributed by atoms with E-state index < -0.39 is 0 Å². The second-order valence-electron chi connectivity index (χ2n) is 1.75. The number of hydrogen-bond acceptors (Lipinski definition) is 4. The van der Waals surface area contributed by atoms with Gasteiger partial charge in [0.05, 0.1) is 0 Å². The Morgan fingerprint density at radius 3 is 3.27 bits per heavy atom. The fourth-order valence-corrected chi connectivity index (χ4v) is 1.64. The van der Waals surface area contributed by atoms with Gasteiger partial charge in [0.25, 0.3) is 0 Å². The summed E-state index contributed by atoms with van der Waals surface area (Å²) in [5.41, 5.74) is 0. The Bertz CT molecular complexity index is 280. The third-order valence-corrected chi connectivity index (χ3v) is 2.16. The van der Waals surface area contributed by atoms with E-state index in [0.717, 1.165) is 11.3 Å². The van der Waals surface area contributed by atoms with E-state index in [0.29, 0.717) is 11.0 Å². The average Bonchev–Trinajstić information content (AvgIpc) is 2.38. The second kappa shape index (κ2) is 4.23. The molecule has 3 nitrogen and oxygen atoms in total. The van der Waals surface area contributed by atoms with Crippen LogP contribution in [0.4, 0.5) is 5.13 Å². The molecule has 1 rings (SSSR count). The SMILES string of the molecule is O=C=Nc1ncc(CCCl)s1. The Balaban J connectivity index is 2.73. The number of carbonyl (C=O) groups excluding carboxylic acids is 1. The summed E-state index contributed by atoms with van der Waals surface area (Å²) in [6.07, 6.45) is 3.87. The molecular weight excluding hydrogens is 184 g/mol. The molecule has 0 fully saturated rings. The molecular formula is C6H5ClN2OS. The minimum atomic E-state index is 0.445. The molecule has 1 aromatic rings. The summed E-state index contributed by atoms with van der Waals surface area (Å²) >= 11 is 6.85. The van der Waals surface area contributed by atoms with Crippen molar-refractivity contribution in [3.05, 3.63) is 11.1 Å². The van der Waals surface area contributed by atoms with Gasteiger partial charge in [0.1, 0.15) is 0 Å². The Morgan fingerprint density at radius 2 is 2.64 bits per heavy atom. The van der Waals surface area contributed by atoms with Gasteiger partial charge in [0, 0.05) is 17.0 Å². The van der Waals surface area contributed by atoms with Crippen LogP contribution in [-0.2, 0) is 11.2 Å². The maximum Gasteiger partial charge on any atom is 0.242 e. The molecule has 1 heterocycles. The molecule has 0 aliphatic rings. The van der Waals surface area contributed by atoms with Crippen LogP contribution in [0.2, 0.25) is 0 Å². The molecule has 0 N–H and O–H groups in total. The van der Waals surface area contributed by atoms with Crippen molar-refractivity contribution in [1.29, 1.82) is 0 Å². The van der Waals surface area contributed by atoms with Crippen molar-refractivity contribution in [3.63, 3.8) is 0 Å². The molecule has 0 saturated carbocycles. The summed E-state index contributed by atoms with van der Waals surface area (Å²) in [5, 5.41) is 0.445. The number of halogens is 1. The van der Waals surface area contributed by atoms with Gasteiger partial charge in [-0.3, -0.25) is 0 Å². The number of nitrogens with zero attached hydrogens (tertiary/aromatic N) is 2. The predicted octanol–water partition coefficient (Wildman–Crippen LogP) is 1.89. The molecule has 0 amide bonds. The monoisotopic (exact) mass is 188 g/mol. The molecule has 0 aliphatic carbocycles. The van der Waals surface area contributed by atoms with Gasteiger partial charge in [-0.2, -0.15) is 0 Å². The third-order valence-electron chi connectivity index (χ3n) is 1.02. The summed E-state index contributed by atoms with van der Waals surface area (Å²) < 4.78 is 0. The lowest BCUT2D eigenvalue weighted by molar-refractivity contribution is 0.565. The summed E-state index contributed by atoms with van der Waals surface area (Å²) in [7, 11) is 0. The van der Waals surface area contributed by atoms with Gasteiger partial charge in [-0.05, 0) is 6.42 Å². The standard InChI is InChI=1S/C6H5ClN2OS/c7-2-1-5-3-8-6(11-5)9-4-10/h3H,1-2H2. The smallest absolute Gasteiger partial charge is 0.226 e. The van der Waals surface area contributed by atoms with Crippen LogP contribution in [0.15, 0.2) is 11.2 Å². The first-order chi connectivity index (χ1) is 5.36. The highest BCUT2D eigenvalue weighted by Gasteiger charge is 1.98. The van der Waals surface area contributed by atoms with E-state index in [1.165, 1.54) is 17.4 Å². The largest absolute Gasteiger partial charge is 0.242 e. The first-order valence-electron chi connectivity index (χ1n) is 2.95. The van der Waals surface area contributed by atoms with Gasteiger partial charge in [-0.1, -0.05) is 11.3 Å². The molecule has 0 spiro atoms. The molecule has 0 atom stereocenters. The zero-order valence-corrected chi connectivity index (χ0v) is 7.15. The summed E-state index contributed by atoms with van der Waals surface area (Å²) in [6, 6.07) is 0. The van der Waals surface area contributed by atoms with Crippen molar-refractivity contribution in [2.75, 3.05) is 5.88 Å². The summed E-state index contributed by atoms with van der Waals surface area (Å²) in [5.74, 6) is 0.562. The van der Waals surface area contributed by atoms with Crippen LogP contribution in [0.1, 0.15) is 4.88 Å². The predicted molar refractivity (Wildman–Crippen MR) is 44.3 cm³/mol. The van der Waals surface area contributed by atoms with Gasteiger partial charge in [-0.15, -0.1) is 16.6 Å². The normalized spacial score (nSPS) is 9.18. The quantitative estimate of drug-likeness (QED) is 0.413. The zero-order valence-electron chi connectivity index (χ0n) is 5.58. The molecule has 0 aliphatic heterocycles. The molecule has 1 aromatic heterocycles. The molecule has 0 aromatic carbocycles. The van der Waals surface area contributed by atoms with Crippen LogP contribution in [0, 0.1) is 0 Å². The van der Waals surface area contributed by atoms with E-state index in [4.69, 9.17) is 11.6 Å². The van der Waals surface area contributed by atoms with Crippen molar-refractivity contribution < 1.29 is 4.79 Å². The lowest BCUT2D eigenvalue weighted by atomic mass is 10.4. The molecule has 0 unspecified atom stereocenters. The maximum absolute atomic E-state index is 9.79. The highest BCUT2D eigenvalue weighted by Crippen LogP contribution is 2.20. The van der Waals surface area contributed by atoms with Gasteiger partial charge in [-0.25, -0.2) is 9.78 Å². The summed E-state index contributed by atoms with van der Waals surface area (Å²) in [4.78, 5) is 18.1. The van der Waals surface area contributed by atoms with Crippen LogP contribution >= 0.6 is 22.9 Å². The van der Waals surface area contributed by atoms with Crippen molar-refractivity contribution in [2.24, 2.45) is 4.99 Å². The minimum Gasteiger partial charge on any atom is -0.226 e. The zero-order chi connectivity index (χ0) is 8.10. The van der Waals surface area contributed by atoms with Crippen LogP contribution in [0.5, 0.6) is 0 Å². The van der Waals surface area contributed by atoms with Crippen LogP contribution < -0.4 is 0 Å². The Hall–Kier alpha value is -0.700. The number of isocyanates is 1. The van der Waals surface area contributed by atoms with Crippen LogP contribution in [0.3, 0.4) is 0 Å². The van der Waals surface area contributed by atoms with Gasteiger partial charge in [0.15, 0.2) is 0 Å². The highest BCUT2D eigenvalue weighted by molar-refractivity contribution is 7.15. The number of aryl methyl sites for hydroxylation is 1. The third kappa shape index (κ3) is 2.42. The summed E-state index contributed by atoms with van der Waals surface area (Å²) in [6.45, 7) is 0. The second-order valence-corrected chi connectivity index (χ2v) is 3.22. The highest BCUT2D eigenvalue weighted by atomic mass is 35.5. The molecule has 58 valence electrons. The Morgan fingerprint density at radius 1 is 1.82 bits per heavy atom. The molecule has 0 radical (unpaired) electrons. The Labute approximate surface area is 72.7 Å². The number of aromatic nitrogens is 1. The number of aliphatic imine (C=N–C) groups is 1. The van der Waals surface area contributed by atoms with Crippen molar-refractivity contribution in [1.82, 2.24) is 4.98 Å². The maximum atomic E-state index is 9.79.